The number of aliphatic hydroxyl groups is 1. The molecule has 1 aromatic carbocycles. The molecule has 6 nitrogen and oxygen atoms in total. The number of carbonyl (C=O) groups is 1. The lowest BCUT2D eigenvalue weighted by atomic mass is 9.93. The summed E-state index contributed by atoms with van der Waals surface area (Å²) in [6, 6.07) is 5.38. The molecule has 0 saturated heterocycles. The second-order valence-electron chi connectivity index (χ2n) is 8.44. The van der Waals surface area contributed by atoms with Crippen LogP contribution in [0.15, 0.2) is 24.3 Å². The fourth-order valence-corrected chi connectivity index (χ4v) is 4.20. The van der Waals surface area contributed by atoms with Crippen molar-refractivity contribution in [1.82, 2.24) is 15.5 Å². The van der Waals surface area contributed by atoms with Gasteiger partial charge in [-0.15, -0.1) is 5.10 Å². The number of ether oxygens (including phenoxy) is 1. The van der Waals surface area contributed by atoms with E-state index in [1.807, 2.05) is 0 Å². The second kappa shape index (κ2) is 7.11. The number of benzene rings is 1. The van der Waals surface area contributed by atoms with Gasteiger partial charge in [0.25, 0.3) is 0 Å². The first-order chi connectivity index (χ1) is 13.7. The van der Waals surface area contributed by atoms with Gasteiger partial charge in [0.05, 0.1) is 22.6 Å². The van der Waals surface area contributed by atoms with E-state index >= 15 is 0 Å². The third kappa shape index (κ3) is 3.74. The van der Waals surface area contributed by atoms with Crippen LogP contribution in [0.2, 0.25) is 0 Å². The highest BCUT2D eigenvalue weighted by Gasteiger charge is 2.52. The summed E-state index contributed by atoms with van der Waals surface area (Å²) in [5.74, 6) is -1.53. The smallest absolute Gasteiger partial charge is 0.246 e. The number of amides is 1. The molecule has 29 heavy (non-hydrogen) atoms. The van der Waals surface area contributed by atoms with Gasteiger partial charge in [0, 0.05) is 6.54 Å². The normalized spacial score (nSPS) is 22.6. The summed E-state index contributed by atoms with van der Waals surface area (Å²) < 4.78 is 34.2. The molecule has 0 radical (unpaired) electrons. The van der Waals surface area contributed by atoms with E-state index in [1.54, 1.807) is 19.9 Å². The highest BCUT2D eigenvalue weighted by atomic mass is 19.1. The van der Waals surface area contributed by atoms with E-state index in [-0.39, 0.29) is 36.2 Å². The number of hydrogen-bond acceptors (Lipinski definition) is 5. The maximum absolute atomic E-state index is 14.1. The fraction of sp³-hybridized carbons (Fsp3) is 0.476. The zero-order valence-corrected chi connectivity index (χ0v) is 16.3. The van der Waals surface area contributed by atoms with Crippen LogP contribution in [0.25, 0.3) is 11.3 Å². The number of hydrogen-bond donors (Lipinski definition) is 2. The van der Waals surface area contributed by atoms with Gasteiger partial charge in [0.15, 0.2) is 0 Å². The van der Waals surface area contributed by atoms with Crippen molar-refractivity contribution in [3.05, 3.63) is 47.2 Å². The number of nitrogens with one attached hydrogen (secondary N) is 1. The van der Waals surface area contributed by atoms with E-state index in [9.17, 15) is 18.7 Å². The Morgan fingerprint density at radius 2 is 2.07 bits per heavy atom. The van der Waals surface area contributed by atoms with Crippen LogP contribution in [0.3, 0.4) is 0 Å². The van der Waals surface area contributed by atoms with Gasteiger partial charge in [-0.3, -0.25) is 4.79 Å². The minimum Gasteiger partial charge on any atom is -0.389 e. The SMILES string of the molecule is CC(C)(O)CNC(=O)CO[C@]12CC[C@H](C1)c1cc(-c3c(F)cccc3F)nnc12. The molecule has 0 unspecified atom stereocenters. The van der Waals surface area contributed by atoms with Gasteiger partial charge in [-0.25, -0.2) is 8.78 Å². The van der Waals surface area contributed by atoms with Crippen LogP contribution in [0.5, 0.6) is 0 Å². The molecule has 1 fully saturated rings. The molecule has 1 amide bonds. The maximum Gasteiger partial charge on any atom is 0.246 e. The van der Waals surface area contributed by atoms with E-state index in [0.29, 0.717) is 18.5 Å². The van der Waals surface area contributed by atoms with Crippen molar-refractivity contribution in [2.75, 3.05) is 13.2 Å². The quantitative estimate of drug-likeness (QED) is 0.775. The molecule has 1 heterocycles. The largest absolute Gasteiger partial charge is 0.389 e. The Morgan fingerprint density at radius 1 is 1.34 bits per heavy atom. The van der Waals surface area contributed by atoms with Crippen LogP contribution in [-0.4, -0.2) is 40.0 Å². The summed E-state index contributed by atoms with van der Waals surface area (Å²) >= 11 is 0. The van der Waals surface area contributed by atoms with E-state index in [1.165, 1.54) is 18.2 Å². The Hall–Kier alpha value is -2.45. The van der Waals surface area contributed by atoms with Crippen molar-refractivity contribution in [1.29, 1.82) is 0 Å². The number of rotatable bonds is 6. The van der Waals surface area contributed by atoms with Gasteiger partial charge in [0.1, 0.15) is 23.8 Å². The maximum atomic E-state index is 14.1. The Bertz CT molecular complexity index is 940. The summed E-state index contributed by atoms with van der Waals surface area (Å²) in [7, 11) is 0. The summed E-state index contributed by atoms with van der Waals surface area (Å²) in [6.07, 6.45) is 2.23. The lowest BCUT2D eigenvalue weighted by molar-refractivity contribution is -0.134. The van der Waals surface area contributed by atoms with Gasteiger partial charge < -0.3 is 15.2 Å². The highest BCUT2D eigenvalue weighted by Crippen LogP contribution is 2.57. The average Bonchev–Trinajstić information content (AvgIpc) is 3.22. The molecule has 0 spiro atoms. The Balaban J connectivity index is 1.54. The Morgan fingerprint density at radius 3 is 2.76 bits per heavy atom. The van der Waals surface area contributed by atoms with Crippen LogP contribution in [-0.2, 0) is 15.1 Å². The molecule has 154 valence electrons. The first kappa shape index (κ1) is 19.8. The summed E-state index contributed by atoms with van der Waals surface area (Å²) in [5.41, 5.74) is -0.219. The van der Waals surface area contributed by atoms with Crippen molar-refractivity contribution in [2.45, 2.75) is 50.2 Å². The van der Waals surface area contributed by atoms with Crippen LogP contribution in [0.1, 0.15) is 50.3 Å². The predicted molar refractivity (Wildman–Crippen MR) is 101 cm³/mol. The van der Waals surface area contributed by atoms with Crippen LogP contribution in [0, 0.1) is 11.6 Å². The monoisotopic (exact) mass is 403 g/mol. The molecule has 4 rings (SSSR count). The molecule has 2 atom stereocenters. The molecule has 2 aromatic rings. The summed E-state index contributed by atoms with van der Waals surface area (Å²) in [5, 5.41) is 20.7. The molecule has 2 bridgehead atoms. The van der Waals surface area contributed by atoms with Gasteiger partial charge in [-0.1, -0.05) is 6.07 Å². The molecule has 1 saturated carbocycles. The van der Waals surface area contributed by atoms with Crippen LogP contribution >= 0.6 is 0 Å². The van der Waals surface area contributed by atoms with Crippen molar-refractivity contribution >= 4 is 5.91 Å². The molecule has 2 aliphatic rings. The summed E-state index contributed by atoms with van der Waals surface area (Å²) in [6.45, 7) is 3.17. The lowest BCUT2D eigenvalue weighted by Gasteiger charge is -2.28. The zero-order valence-electron chi connectivity index (χ0n) is 16.3. The van der Waals surface area contributed by atoms with Crippen LogP contribution < -0.4 is 5.32 Å². The second-order valence-corrected chi connectivity index (χ2v) is 8.44. The van der Waals surface area contributed by atoms with Crippen molar-refractivity contribution in [3.63, 3.8) is 0 Å². The molecular weight excluding hydrogens is 380 g/mol. The first-order valence-corrected chi connectivity index (χ1v) is 9.64. The molecular formula is C21H23F2N3O3. The molecule has 2 aliphatic carbocycles. The van der Waals surface area contributed by atoms with Crippen molar-refractivity contribution in [3.8, 4) is 11.3 Å². The van der Waals surface area contributed by atoms with Gasteiger partial charge in [-0.2, -0.15) is 5.10 Å². The van der Waals surface area contributed by atoms with Crippen molar-refractivity contribution in [2.24, 2.45) is 0 Å². The van der Waals surface area contributed by atoms with E-state index in [4.69, 9.17) is 4.74 Å². The zero-order chi connectivity index (χ0) is 20.8. The third-order valence-electron chi connectivity index (χ3n) is 5.58. The van der Waals surface area contributed by atoms with Crippen molar-refractivity contribution < 1.29 is 23.4 Å². The minimum absolute atomic E-state index is 0.124. The van der Waals surface area contributed by atoms with Gasteiger partial charge >= 0.3 is 0 Å². The predicted octanol–water partition coefficient (Wildman–Crippen LogP) is 2.80. The van der Waals surface area contributed by atoms with Crippen LogP contribution in [0.4, 0.5) is 8.78 Å². The topological polar surface area (TPSA) is 84.3 Å². The number of carbonyl (C=O) groups excluding carboxylic acids is 1. The molecule has 8 heteroatoms. The number of fused-ring (bicyclic) bond motifs is 5. The number of nitrogens with zero attached hydrogens (tertiary/aromatic N) is 2. The third-order valence-corrected chi connectivity index (χ3v) is 5.58. The highest BCUT2D eigenvalue weighted by molar-refractivity contribution is 5.77. The minimum atomic E-state index is -1.00. The number of aromatic nitrogens is 2. The van der Waals surface area contributed by atoms with E-state index < -0.39 is 22.8 Å². The van der Waals surface area contributed by atoms with E-state index in [2.05, 4.69) is 15.5 Å². The fourth-order valence-electron chi connectivity index (χ4n) is 4.20. The Labute approximate surface area is 167 Å². The molecule has 0 aliphatic heterocycles. The average molecular weight is 403 g/mol. The molecule has 2 N–H and O–H groups in total. The standard InChI is InChI=1S/C21H23F2N3O3/c1-20(2,28)11-24-17(27)10-29-21-7-6-12(9-21)13-8-16(25-26-19(13)21)18-14(22)4-3-5-15(18)23/h3-5,8,12,28H,6-7,9-11H2,1-2H3,(H,24,27)/t12-,21-/m1/s1. The Kier molecular flexibility index (Phi) is 4.86. The molecule has 1 aromatic heterocycles. The van der Waals surface area contributed by atoms with E-state index in [0.717, 1.165) is 12.0 Å². The summed E-state index contributed by atoms with van der Waals surface area (Å²) in [4.78, 5) is 12.1. The van der Waals surface area contributed by atoms with Gasteiger partial charge in [-0.05, 0) is 62.8 Å². The first-order valence-electron chi connectivity index (χ1n) is 9.64. The number of halogens is 2. The van der Waals surface area contributed by atoms with Gasteiger partial charge in [0.2, 0.25) is 5.91 Å². The lowest BCUT2D eigenvalue weighted by Crippen LogP contribution is -2.41.